The Labute approximate surface area is 177 Å². The monoisotopic (exact) mass is 451 g/mol. The summed E-state index contributed by atoms with van der Waals surface area (Å²) in [6.07, 6.45) is -3.56. The molecule has 3 rings (SSSR count). The van der Waals surface area contributed by atoms with E-state index in [1.165, 1.54) is 4.57 Å². The molecule has 1 aliphatic heterocycles. The van der Waals surface area contributed by atoms with Crippen LogP contribution in [0.15, 0.2) is 17.4 Å². The number of H-pyrrole nitrogens is 1. The topological polar surface area (TPSA) is 227 Å². The summed E-state index contributed by atoms with van der Waals surface area (Å²) < 4.78 is 36.6. The molecule has 1 radical (unpaired) electrons. The normalized spacial score (nSPS) is 27.5. The smallest absolute Gasteiger partial charge is 0.387 e. The molecule has 3 heterocycles. The van der Waals surface area contributed by atoms with Gasteiger partial charge >= 0.3 is 15.6 Å². The molecule has 0 amide bonds. The summed E-state index contributed by atoms with van der Waals surface area (Å²) in [6.45, 7) is -0.844. The van der Waals surface area contributed by atoms with E-state index in [-0.39, 0.29) is 40.7 Å². The van der Waals surface area contributed by atoms with E-state index >= 15 is 0 Å². The standard InChI is InChI=1S/C10H14N4O11P2.Na/c15-6-4(1-23-27(21,22)25-26(18,19)20)24-10(7(6)16)14-3-13-5-8(14)11-2-12-9(5)17;/h2-4,6-7,10,15-16H,1H2,(H,21,22)(H,11,12,17)(H2,18,19,20);/t4-,6-,7-,10-;/m1./s1. The number of fused-ring (bicyclic) bond motifs is 1. The molecule has 18 heteroatoms. The second-order valence-electron chi connectivity index (χ2n) is 5.44. The van der Waals surface area contributed by atoms with Crippen LogP contribution in [0.25, 0.3) is 11.2 Å². The first-order valence-corrected chi connectivity index (χ1v) is 10.2. The Hall–Kier alpha value is -0.510. The van der Waals surface area contributed by atoms with Crippen molar-refractivity contribution in [2.75, 3.05) is 6.61 Å². The van der Waals surface area contributed by atoms with Crippen LogP contribution in [0.4, 0.5) is 0 Å². The number of ether oxygens (including phenoxy) is 1. The van der Waals surface area contributed by atoms with Crippen molar-refractivity contribution in [3.05, 3.63) is 23.0 Å². The number of phosphoric acid groups is 2. The average molecular weight is 451 g/mol. The van der Waals surface area contributed by atoms with Crippen molar-refractivity contribution in [1.82, 2.24) is 19.5 Å². The Balaban J connectivity index is 0.00000280. The van der Waals surface area contributed by atoms with Gasteiger partial charge in [-0.2, -0.15) is 4.31 Å². The number of hydrogen-bond donors (Lipinski definition) is 6. The van der Waals surface area contributed by atoms with Crippen LogP contribution in [0.5, 0.6) is 0 Å². The molecule has 6 N–H and O–H groups in total. The van der Waals surface area contributed by atoms with Crippen LogP contribution in [0.2, 0.25) is 0 Å². The van der Waals surface area contributed by atoms with Crippen LogP contribution in [0.1, 0.15) is 6.23 Å². The SMILES string of the molecule is O=c1[nH]cnc2c1ncn2[C@@H]1O[C@H](COP(=O)(O)OP(=O)(O)O)[C@@H](O)[C@H]1O.[Na]. The van der Waals surface area contributed by atoms with Gasteiger partial charge in [0, 0.05) is 29.6 Å². The predicted molar refractivity (Wildman–Crippen MR) is 88.7 cm³/mol. The van der Waals surface area contributed by atoms with E-state index in [2.05, 4.69) is 23.8 Å². The van der Waals surface area contributed by atoms with Crippen molar-refractivity contribution in [3.63, 3.8) is 0 Å². The van der Waals surface area contributed by atoms with E-state index in [4.69, 9.17) is 14.5 Å². The minimum absolute atomic E-state index is 0. The first kappa shape index (κ1) is 23.8. The predicted octanol–water partition coefficient (Wildman–Crippen LogP) is -2.42. The zero-order valence-corrected chi connectivity index (χ0v) is 17.9. The van der Waals surface area contributed by atoms with Gasteiger partial charge in [0.25, 0.3) is 5.56 Å². The largest absolute Gasteiger partial charge is 0.481 e. The van der Waals surface area contributed by atoms with E-state index in [0.29, 0.717) is 0 Å². The molecule has 0 saturated carbocycles. The van der Waals surface area contributed by atoms with Crippen LogP contribution < -0.4 is 5.56 Å². The summed E-state index contributed by atoms with van der Waals surface area (Å²) in [6, 6.07) is 0. The third-order valence-corrected chi connectivity index (χ3v) is 5.74. The van der Waals surface area contributed by atoms with Gasteiger partial charge in [0.15, 0.2) is 17.4 Å². The van der Waals surface area contributed by atoms with Gasteiger partial charge in [-0.25, -0.2) is 19.1 Å². The van der Waals surface area contributed by atoms with Crippen LogP contribution in [0, 0.1) is 0 Å². The first-order chi connectivity index (χ1) is 12.5. The van der Waals surface area contributed by atoms with Gasteiger partial charge in [-0.1, -0.05) is 0 Å². The van der Waals surface area contributed by atoms with E-state index in [1.807, 2.05) is 0 Å². The molecule has 1 saturated heterocycles. The number of nitrogens with one attached hydrogen (secondary N) is 1. The number of phosphoric ester groups is 1. The van der Waals surface area contributed by atoms with Gasteiger partial charge in [-0.3, -0.25) is 13.9 Å². The Morgan fingerprint density at radius 1 is 1.21 bits per heavy atom. The van der Waals surface area contributed by atoms with E-state index in [0.717, 1.165) is 12.7 Å². The van der Waals surface area contributed by atoms with Gasteiger partial charge in [0.1, 0.15) is 18.3 Å². The fraction of sp³-hybridized carbons (Fsp3) is 0.500. The molecule has 151 valence electrons. The second kappa shape index (κ2) is 8.70. The second-order valence-corrected chi connectivity index (χ2v) is 8.27. The number of imidazole rings is 1. The summed E-state index contributed by atoms with van der Waals surface area (Å²) in [5, 5.41) is 20.2. The van der Waals surface area contributed by atoms with Crippen LogP contribution in [-0.4, -0.2) is 98.9 Å². The molecule has 28 heavy (non-hydrogen) atoms. The molecule has 15 nitrogen and oxygen atoms in total. The maximum atomic E-state index is 11.7. The van der Waals surface area contributed by atoms with Crippen molar-refractivity contribution in [2.45, 2.75) is 24.5 Å². The summed E-state index contributed by atoms with van der Waals surface area (Å²) in [5.41, 5.74) is -0.533. The van der Waals surface area contributed by atoms with Gasteiger partial charge < -0.3 is 34.6 Å². The van der Waals surface area contributed by atoms with E-state index < -0.39 is 52.4 Å². The molecule has 1 fully saturated rings. The van der Waals surface area contributed by atoms with Crippen LogP contribution >= 0.6 is 15.6 Å². The Morgan fingerprint density at radius 2 is 1.89 bits per heavy atom. The molecule has 0 aliphatic carbocycles. The summed E-state index contributed by atoms with van der Waals surface area (Å²) in [7, 11) is -10.5. The number of aliphatic hydroxyl groups excluding tert-OH is 2. The molecular formula is C10H14N4NaO11P2. The third kappa shape index (κ3) is 5.15. The van der Waals surface area contributed by atoms with Gasteiger partial charge in [-0.05, 0) is 0 Å². The van der Waals surface area contributed by atoms with Gasteiger partial charge in [0.2, 0.25) is 0 Å². The Morgan fingerprint density at radius 3 is 2.54 bits per heavy atom. The summed E-state index contributed by atoms with van der Waals surface area (Å²) in [4.78, 5) is 48.0. The average Bonchev–Trinajstić information content (AvgIpc) is 3.07. The Bertz CT molecular complexity index is 991. The molecule has 0 bridgehead atoms. The molecule has 5 atom stereocenters. The number of rotatable bonds is 6. The van der Waals surface area contributed by atoms with Gasteiger partial charge in [0.05, 0.1) is 19.3 Å². The van der Waals surface area contributed by atoms with Crippen molar-refractivity contribution in [1.29, 1.82) is 0 Å². The van der Waals surface area contributed by atoms with E-state index in [9.17, 15) is 29.0 Å². The minimum atomic E-state index is -5.30. The van der Waals surface area contributed by atoms with Crippen LogP contribution in [-0.2, 0) is 22.7 Å². The van der Waals surface area contributed by atoms with Crippen molar-refractivity contribution < 1.29 is 47.6 Å². The van der Waals surface area contributed by atoms with Crippen molar-refractivity contribution in [2.24, 2.45) is 0 Å². The van der Waals surface area contributed by atoms with E-state index in [1.54, 1.807) is 0 Å². The van der Waals surface area contributed by atoms with Crippen molar-refractivity contribution >= 4 is 56.4 Å². The zero-order valence-electron chi connectivity index (χ0n) is 14.1. The van der Waals surface area contributed by atoms with Crippen molar-refractivity contribution in [3.8, 4) is 0 Å². The summed E-state index contributed by atoms with van der Waals surface area (Å²) in [5.74, 6) is 0. The summed E-state index contributed by atoms with van der Waals surface area (Å²) >= 11 is 0. The zero-order chi connectivity index (χ0) is 20.0. The third-order valence-electron chi connectivity index (χ3n) is 3.59. The maximum Gasteiger partial charge on any atom is 0.481 e. The fourth-order valence-corrected chi connectivity index (χ4v) is 4.07. The number of hydrogen-bond acceptors (Lipinski definition) is 10. The maximum absolute atomic E-state index is 11.7. The molecule has 1 unspecified atom stereocenters. The number of aromatic nitrogens is 4. The Kier molecular flexibility index (Phi) is 7.38. The van der Waals surface area contributed by atoms with Gasteiger partial charge in [-0.15, -0.1) is 0 Å². The molecule has 2 aromatic heterocycles. The number of aliphatic hydroxyl groups is 2. The fourth-order valence-electron chi connectivity index (χ4n) is 2.47. The number of nitrogens with zero attached hydrogens (tertiary/aromatic N) is 3. The number of aromatic amines is 1. The molecule has 1 aliphatic rings. The first-order valence-electron chi connectivity index (χ1n) is 7.14. The molecular weight excluding hydrogens is 437 g/mol. The molecule has 2 aromatic rings. The van der Waals surface area contributed by atoms with Crippen LogP contribution in [0.3, 0.4) is 0 Å². The quantitative estimate of drug-likeness (QED) is 0.199. The molecule has 0 spiro atoms. The molecule has 0 aromatic carbocycles. The minimum Gasteiger partial charge on any atom is -0.387 e.